The second kappa shape index (κ2) is 6.15. The predicted octanol–water partition coefficient (Wildman–Crippen LogP) is 2.85. The van der Waals surface area contributed by atoms with Gasteiger partial charge in [0.25, 0.3) is 0 Å². The van der Waals surface area contributed by atoms with Crippen LogP contribution in [0.1, 0.15) is 0 Å². The largest absolute Gasteiger partial charge is 2.00 e. The van der Waals surface area contributed by atoms with Crippen LogP contribution in [0, 0.1) is 0 Å². The summed E-state index contributed by atoms with van der Waals surface area (Å²) in [5.41, 5.74) is 1.64. The molecule has 0 aliphatic rings. The predicted molar refractivity (Wildman–Crippen MR) is 60.0 cm³/mol. The van der Waals surface area contributed by atoms with Crippen molar-refractivity contribution in [2.45, 2.75) is 0 Å². The Labute approximate surface area is 108 Å². The molecule has 0 N–H and O–H groups in total. The molecule has 0 unspecified atom stereocenters. The molecule has 0 bridgehead atoms. The minimum atomic E-state index is 0. The van der Waals surface area contributed by atoms with Gasteiger partial charge in [-0.2, -0.15) is 4.79 Å². The number of carbonyl (C=O) groups excluding carboxylic acids is 1. The zero-order chi connectivity index (χ0) is 10.5. The van der Waals surface area contributed by atoms with Gasteiger partial charge in [-0.15, -0.1) is 0 Å². The monoisotopic (exact) mass is 302 g/mol. The van der Waals surface area contributed by atoms with Crippen molar-refractivity contribution in [3.63, 3.8) is 0 Å². The van der Waals surface area contributed by atoms with Crippen molar-refractivity contribution in [1.82, 2.24) is 4.58 Å². The molecule has 0 fully saturated rings. The quantitative estimate of drug-likeness (QED) is 0.361. The molecule has 0 aliphatic heterocycles. The van der Waals surface area contributed by atoms with E-state index in [0.717, 1.165) is 11.4 Å². The number of hydrogen-bond acceptors (Lipinski definition) is 1. The third-order valence-corrected chi connectivity index (χ3v) is 2.12. The maximum Gasteiger partial charge on any atom is 2.00 e. The van der Waals surface area contributed by atoms with Gasteiger partial charge in [-0.25, -0.2) is 0 Å². The van der Waals surface area contributed by atoms with Gasteiger partial charge in [0, 0.05) is 24.3 Å². The Kier molecular flexibility index (Phi) is 4.82. The molecule has 2 nitrogen and oxygen atoms in total. The van der Waals surface area contributed by atoms with Crippen molar-refractivity contribution in [3.05, 3.63) is 60.7 Å². The summed E-state index contributed by atoms with van der Waals surface area (Å²) in [4.78, 5) is 10.9. The SMILES string of the molecule is O=C=[N+](c1ccccc1)c1ccccc1.[Pd+2]. The van der Waals surface area contributed by atoms with Crippen LogP contribution < -0.4 is 4.58 Å². The second-order valence-corrected chi connectivity index (χ2v) is 3.10. The Morgan fingerprint density at radius 3 is 1.44 bits per heavy atom. The van der Waals surface area contributed by atoms with E-state index in [-0.39, 0.29) is 20.4 Å². The van der Waals surface area contributed by atoms with Gasteiger partial charge < -0.3 is 0 Å². The van der Waals surface area contributed by atoms with Crippen LogP contribution in [0.2, 0.25) is 0 Å². The average Bonchev–Trinajstić information content (AvgIpc) is 2.33. The molecule has 2 rings (SSSR count). The number of isocyanates is 1. The van der Waals surface area contributed by atoms with Crippen LogP contribution in [0.4, 0.5) is 11.4 Å². The van der Waals surface area contributed by atoms with E-state index < -0.39 is 0 Å². The zero-order valence-electron chi connectivity index (χ0n) is 8.45. The van der Waals surface area contributed by atoms with Crippen LogP contribution in [-0.2, 0) is 25.2 Å². The molecule has 2 aromatic carbocycles. The third kappa shape index (κ3) is 2.75. The summed E-state index contributed by atoms with van der Waals surface area (Å²) in [7, 11) is 0. The number of hydrogen-bond donors (Lipinski definition) is 0. The molecule has 0 spiro atoms. The molecule has 0 heterocycles. The smallest absolute Gasteiger partial charge is 0.158 e. The number of benzene rings is 2. The molecule has 0 amide bonds. The average molecular weight is 303 g/mol. The van der Waals surface area contributed by atoms with Gasteiger partial charge >= 0.3 is 26.5 Å². The molecule has 80 valence electrons. The number of rotatable bonds is 2. The minimum Gasteiger partial charge on any atom is -0.158 e. The molecule has 3 heteroatoms. The van der Waals surface area contributed by atoms with E-state index in [4.69, 9.17) is 0 Å². The molecular formula is C13H10NOPd+3. The van der Waals surface area contributed by atoms with Gasteiger partial charge in [-0.3, -0.25) is 0 Å². The van der Waals surface area contributed by atoms with E-state index in [9.17, 15) is 4.79 Å². The van der Waals surface area contributed by atoms with Crippen LogP contribution in [0.25, 0.3) is 0 Å². The molecule has 0 aromatic heterocycles. The second-order valence-electron chi connectivity index (χ2n) is 3.10. The van der Waals surface area contributed by atoms with Crippen LogP contribution in [0.15, 0.2) is 60.7 Å². The van der Waals surface area contributed by atoms with E-state index in [1.807, 2.05) is 66.7 Å². The first kappa shape index (κ1) is 12.6. The zero-order valence-corrected chi connectivity index (χ0v) is 10.00. The van der Waals surface area contributed by atoms with Crippen LogP contribution in [0.3, 0.4) is 0 Å². The summed E-state index contributed by atoms with van der Waals surface area (Å²) < 4.78 is 1.49. The van der Waals surface area contributed by atoms with Gasteiger partial charge in [0.2, 0.25) is 11.4 Å². The molecule has 0 radical (unpaired) electrons. The molecule has 16 heavy (non-hydrogen) atoms. The summed E-state index contributed by atoms with van der Waals surface area (Å²) in [6.45, 7) is 0. The summed E-state index contributed by atoms with van der Waals surface area (Å²) in [5, 5.41) is 0. The van der Waals surface area contributed by atoms with E-state index in [1.165, 1.54) is 4.58 Å². The van der Waals surface area contributed by atoms with E-state index >= 15 is 0 Å². The third-order valence-electron chi connectivity index (χ3n) is 2.12. The Hall–Kier alpha value is -1.52. The number of nitrogens with zero attached hydrogens (tertiary/aromatic N) is 1. The van der Waals surface area contributed by atoms with Crippen molar-refractivity contribution >= 4 is 17.5 Å². The fourth-order valence-corrected chi connectivity index (χ4v) is 1.41. The van der Waals surface area contributed by atoms with Gasteiger partial charge in [-0.05, 0) is 0 Å². The molecule has 0 saturated heterocycles. The van der Waals surface area contributed by atoms with Crippen LogP contribution in [-0.4, -0.2) is 6.08 Å². The van der Waals surface area contributed by atoms with Gasteiger partial charge in [0.1, 0.15) is 0 Å². The van der Waals surface area contributed by atoms with Crippen molar-refractivity contribution in [1.29, 1.82) is 0 Å². The van der Waals surface area contributed by atoms with Crippen molar-refractivity contribution in [2.24, 2.45) is 0 Å². The van der Waals surface area contributed by atoms with Gasteiger partial charge in [0.05, 0.1) is 0 Å². The topological polar surface area (TPSA) is 20.1 Å². The molecule has 0 aliphatic carbocycles. The normalized spacial score (nSPS) is 8.75. The first-order chi connectivity index (χ1) is 7.42. The molecular weight excluding hydrogens is 293 g/mol. The van der Waals surface area contributed by atoms with Crippen molar-refractivity contribution in [3.8, 4) is 0 Å². The molecule has 0 saturated carbocycles. The first-order valence-electron chi connectivity index (χ1n) is 4.70. The summed E-state index contributed by atoms with van der Waals surface area (Å²) in [5.74, 6) is 0. The molecule has 0 atom stereocenters. The Bertz CT molecular complexity index is 448. The first-order valence-corrected chi connectivity index (χ1v) is 4.70. The van der Waals surface area contributed by atoms with Crippen molar-refractivity contribution < 1.29 is 25.2 Å². The summed E-state index contributed by atoms with van der Waals surface area (Å²) in [6, 6.07) is 18.9. The fourth-order valence-electron chi connectivity index (χ4n) is 1.41. The van der Waals surface area contributed by atoms with Crippen LogP contribution in [0.5, 0.6) is 0 Å². The Morgan fingerprint density at radius 1 is 0.750 bits per heavy atom. The Morgan fingerprint density at radius 2 is 1.12 bits per heavy atom. The Balaban J connectivity index is 0.00000128. The van der Waals surface area contributed by atoms with E-state index in [0.29, 0.717) is 0 Å². The standard InChI is InChI=1S/C13H10NO.Pd/c15-11-14(12-7-3-1-4-8-12)13-9-5-2-6-10-13;/h1-10H;/q+1;+2. The summed E-state index contributed by atoms with van der Waals surface area (Å²) >= 11 is 0. The van der Waals surface area contributed by atoms with E-state index in [2.05, 4.69) is 0 Å². The minimum absolute atomic E-state index is 0. The van der Waals surface area contributed by atoms with Crippen LogP contribution >= 0.6 is 0 Å². The van der Waals surface area contributed by atoms with E-state index in [1.54, 1.807) is 0 Å². The summed E-state index contributed by atoms with van der Waals surface area (Å²) in [6.07, 6.45) is 1.92. The fraction of sp³-hybridized carbons (Fsp3) is 0. The van der Waals surface area contributed by atoms with Gasteiger partial charge in [-0.1, -0.05) is 41.0 Å². The molecule has 2 aromatic rings. The maximum absolute atomic E-state index is 10.9. The maximum atomic E-state index is 10.9. The number of para-hydroxylation sites is 2. The van der Waals surface area contributed by atoms with Crippen molar-refractivity contribution in [2.75, 3.05) is 0 Å². The van der Waals surface area contributed by atoms with Gasteiger partial charge in [0.15, 0.2) is 0 Å².